The highest BCUT2D eigenvalue weighted by molar-refractivity contribution is 5.91. The van der Waals surface area contributed by atoms with Crippen molar-refractivity contribution in [3.8, 4) is 11.5 Å². The molecule has 0 saturated heterocycles. The Morgan fingerprint density at radius 3 is 2.80 bits per heavy atom. The third-order valence-corrected chi connectivity index (χ3v) is 2.93. The third kappa shape index (κ3) is 5.31. The number of hydrogen-bond donors (Lipinski definition) is 1. The number of nitrogens with one attached hydrogen (secondary N) is 1. The lowest BCUT2D eigenvalue weighted by atomic mass is 10.2. The van der Waals surface area contributed by atoms with E-state index in [-0.39, 0.29) is 12.4 Å². The summed E-state index contributed by atoms with van der Waals surface area (Å²) in [5, 5.41) is 3.75. The van der Waals surface area contributed by atoms with Gasteiger partial charge < -0.3 is 14.2 Å². The molecule has 1 aromatic carbocycles. The molecule has 2 rings (SSSR count). The van der Waals surface area contributed by atoms with Crippen molar-refractivity contribution in [3.63, 3.8) is 0 Å². The van der Waals surface area contributed by atoms with Crippen LogP contribution in [0.3, 0.4) is 0 Å². The van der Waals surface area contributed by atoms with Gasteiger partial charge in [-0.05, 0) is 42.8 Å². The topological polar surface area (TPSA) is 99.1 Å². The summed E-state index contributed by atoms with van der Waals surface area (Å²) in [6, 6.07) is 8.08. The zero-order valence-electron chi connectivity index (χ0n) is 13.8. The van der Waals surface area contributed by atoms with Crippen molar-refractivity contribution in [2.75, 3.05) is 13.7 Å². The third-order valence-electron chi connectivity index (χ3n) is 2.93. The normalized spacial score (nSPS) is 10.3. The predicted molar refractivity (Wildman–Crippen MR) is 89.9 cm³/mol. The minimum atomic E-state index is -0.646. The summed E-state index contributed by atoms with van der Waals surface area (Å²) in [6.07, 6.45) is 3.74. The summed E-state index contributed by atoms with van der Waals surface area (Å²) < 4.78 is 15.2. The highest BCUT2D eigenvalue weighted by atomic mass is 16.6. The van der Waals surface area contributed by atoms with Crippen molar-refractivity contribution >= 4 is 18.3 Å². The zero-order chi connectivity index (χ0) is 18.1. The Morgan fingerprint density at radius 2 is 2.12 bits per heavy atom. The Hall–Kier alpha value is -3.42. The molecule has 0 spiro atoms. The number of nitrogens with zero attached hydrogens (tertiary/aromatic N) is 2. The molecule has 1 N–H and O–H groups in total. The molecular formula is C17H17N3O5. The molecule has 0 unspecified atom stereocenters. The van der Waals surface area contributed by atoms with Crippen molar-refractivity contribution < 1.29 is 23.8 Å². The zero-order valence-corrected chi connectivity index (χ0v) is 13.8. The molecule has 0 fully saturated rings. The number of pyridine rings is 1. The summed E-state index contributed by atoms with van der Waals surface area (Å²) in [5.41, 5.74) is 3.17. The molecule has 1 aromatic heterocycles. The summed E-state index contributed by atoms with van der Waals surface area (Å²) in [7, 11) is 1.45. The molecule has 25 heavy (non-hydrogen) atoms. The smallest absolute Gasteiger partial charge is 0.427 e. The highest BCUT2D eigenvalue weighted by Gasteiger charge is 2.12. The number of methoxy groups -OCH3 is 1. The first-order chi connectivity index (χ1) is 12.1. The van der Waals surface area contributed by atoms with Crippen molar-refractivity contribution in [1.82, 2.24) is 10.4 Å². The molecular weight excluding hydrogens is 326 g/mol. The van der Waals surface area contributed by atoms with Gasteiger partial charge in [-0.1, -0.05) is 0 Å². The van der Waals surface area contributed by atoms with Crippen LogP contribution < -0.4 is 14.9 Å². The molecule has 2 aromatic rings. The number of ether oxygens (including phenoxy) is 3. The molecule has 130 valence electrons. The maximum Gasteiger partial charge on any atom is 0.427 e. The predicted octanol–water partition coefficient (Wildman–Crippen LogP) is 2.39. The van der Waals surface area contributed by atoms with Gasteiger partial charge >= 0.3 is 12.1 Å². The molecule has 0 aliphatic heterocycles. The van der Waals surface area contributed by atoms with E-state index in [2.05, 4.69) is 20.2 Å². The minimum absolute atomic E-state index is 0.256. The van der Waals surface area contributed by atoms with E-state index in [4.69, 9.17) is 9.47 Å². The lowest BCUT2D eigenvalue weighted by molar-refractivity contribution is 0.0729. The standard InChI is InChI=1S/C17H17N3O5/c1-3-24-17(22)20-19-10-12-6-7-14(15(9-12)23-2)25-16(21)13-5-4-8-18-11-13/h4-11H,3H2,1-2H3,(H,20,22). The first-order valence-corrected chi connectivity index (χ1v) is 7.40. The maximum absolute atomic E-state index is 12.1. The second-order valence-electron chi connectivity index (χ2n) is 4.63. The summed E-state index contributed by atoms with van der Waals surface area (Å²) >= 11 is 0. The molecule has 0 bridgehead atoms. The summed E-state index contributed by atoms with van der Waals surface area (Å²) in [6.45, 7) is 1.95. The number of hydrazone groups is 1. The second kappa shape index (κ2) is 9.02. The van der Waals surface area contributed by atoms with E-state index in [1.54, 1.807) is 43.5 Å². The van der Waals surface area contributed by atoms with Crippen LogP contribution in [-0.2, 0) is 4.74 Å². The Labute approximate surface area is 144 Å². The SMILES string of the molecule is CCOC(=O)NN=Cc1ccc(OC(=O)c2cccnc2)c(OC)c1. The molecule has 1 heterocycles. The summed E-state index contributed by atoms with van der Waals surface area (Å²) in [4.78, 5) is 27.1. The van der Waals surface area contributed by atoms with E-state index >= 15 is 0 Å². The Balaban J connectivity index is 2.07. The molecule has 0 saturated carbocycles. The fourth-order valence-electron chi connectivity index (χ4n) is 1.81. The van der Waals surface area contributed by atoms with Crippen LogP contribution in [0.25, 0.3) is 0 Å². The largest absolute Gasteiger partial charge is 0.493 e. The van der Waals surface area contributed by atoms with Gasteiger partial charge in [0.15, 0.2) is 11.5 Å². The fraction of sp³-hybridized carbons (Fsp3) is 0.176. The van der Waals surface area contributed by atoms with Gasteiger partial charge in [0.1, 0.15) is 0 Å². The Kier molecular flexibility index (Phi) is 6.47. The number of benzene rings is 1. The fourth-order valence-corrected chi connectivity index (χ4v) is 1.81. The van der Waals surface area contributed by atoms with E-state index in [1.807, 2.05) is 0 Å². The van der Waals surface area contributed by atoms with Crippen LogP contribution in [0.5, 0.6) is 11.5 Å². The van der Waals surface area contributed by atoms with Gasteiger partial charge in [-0.3, -0.25) is 4.98 Å². The number of aromatic nitrogens is 1. The average molecular weight is 343 g/mol. The number of carbonyl (C=O) groups excluding carboxylic acids is 2. The second-order valence-corrected chi connectivity index (χ2v) is 4.63. The molecule has 0 radical (unpaired) electrons. The van der Waals surface area contributed by atoms with Crippen molar-refractivity contribution in [2.24, 2.45) is 5.10 Å². The van der Waals surface area contributed by atoms with Gasteiger partial charge in [0.2, 0.25) is 0 Å². The van der Waals surface area contributed by atoms with Crippen molar-refractivity contribution in [3.05, 3.63) is 53.9 Å². The molecule has 0 atom stereocenters. The van der Waals surface area contributed by atoms with Crippen LogP contribution in [0.15, 0.2) is 47.8 Å². The molecule has 8 nitrogen and oxygen atoms in total. The van der Waals surface area contributed by atoms with Crippen LogP contribution in [0.4, 0.5) is 4.79 Å². The van der Waals surface area contributed by atoms with E-state index in [0.29, 0.717) is 16.9 Å². The lowest BCUT2D eigenvalue weighted by Crippen LogP contribution is -2.18. The number of rotatable bonds is 6. The van der Waals surface area contributed by atoms with E-state index in [0.717, 1.165) is 0 Å². The van der Waals surface area contributed by atoms with Gasteiger partial charge in [-0.2, -0.15) is 5.10 Å². The maximum atomic E-state index is 12.1. The van der Waals surface area contributed by atoms with Crippen molar-refractivity contribution in [1.29, 1.82) is 0 Å². The number of amides is 1. The van der Waals surface area contributed by atoms with Gasteiger partial charge in [0.25, 0.3) is 0 Å². The van der Waals surface area contributed by atoms with Gasteiger partial charge in [0, 0.05) is 12.4 Å². The van der Waals surface area contributed by atoms with E-state index < -0.39 is 12.1 Å². The monoisotopic (exact) mass is 343 g/mol. The molecule has 0 aliphatic rings. The van der Waals surface area contributed by atoms with E-state index in [1.165, 1.54) is 19.5 Å². The summed E-state index contributed by atoms with van der Waals surface area (Å²) in [5.74, 6) is 0.0565. The van der Waals surface area contributed by atoms with Crippen LogP contribution >= 0.6 is 0 Å². The van der Waals surface area contributed by atoms with E-state index in [9.17, 15) is 9.59 Å². The molecule has 1 amide bonds. The van der Waals surface area contributed by atoms with Gasteiger partial charge in [-0.15, -0.1) is 0 Å². The van der Waals surface area contributed by atoms with Crippen LogP contribution in [-0.4, -0.2) is 37.0 Å². The molecule has 0 aliphatic carbocycles. The van der Waals surface area contributed by atoms with Crippen molar-refractivity contribution in [2.45, 2.75) is 6.92 Å². The van der Waals surface area contributed by atoms with Gasteiger partial charge in [-0.25, -0.2) is 15.0 Å². The quantitative estimate of drug-likeness (QED) is 0.374. The Morgan fingerprint density at radius 1 is 1.28 bits per heavy atom. The molecule has 8 heteroatoms. The number of hydrogen-bond acceptors (Lipinski definition) is 7. The van der Waals surface area contributed by atoms with Crippen LogP contribution in [0.1, 0.15) is 22.8 Å². The van der Waals surface area contributed by atoms with Crippen LogP contribution in [0, 0.1) is 0 Å². The number of carbonyl (C=O) groups is 2. The van der Waals surface area contributed by atoms with Gasteiger partial charge in [0.05, 0.1) is 25.5 Å². The average Bonchev–Trinajstić information content (AvgIpc) is 2.63. The lowest BCUT2D eigenvalue weighted by Gasteiger charge is -2.09. The number of esters is 1. The Bertz CT molecular complexity index is 762. The minimum Gasteiger partial charge on any atom is -0.493 e. The first-order valence-electron chi connectivity index (χ1n) is 7.40. The first kappa shape index (κ1) is 17.9. The van der Waals surface area contributed by atoms with Crippen LogP contribution in [0.2, 0.25) is 0 Å². The highest BCUT2D eigenvalue weighted by Crippen LogP contribution is 2.28.